The lowest BCUT2D eigenvalue weighted by atomic mass is 10.2. The predicted molar refractivity (Wildman–Crippen MR) is 140 cm³/mol. The van der Waals surface area contributed by atoms with Gasteiger partial charge in [0.05, 0.1) is 18.3 Å². The topological polar surface area (TPSA) is 98.1 Å². The van der Waals surface area contributed by atoms with E-state index in [0.717, 1.165) is 11.1 Å². The highest BCUT2D eigenvalue weighted by Crippen LogP contribution is 2.31. The Bertz CT molecular complexity index is 1550. The monoisotopic (exact) mass is 499 g/mol. The number of hydrogen-bond acceptors (Lipinski definition) is 7. The van der Waals surface area contributed by atoms with Gasteiger partial charge >= 0.3 is 6.03 Å². The van der Waals surface area contributed by atoms with Gasteiger partial charge in [-0.2, -0.15) is 0 Å². The Labute approximate surface area is 212 Å². The number of anilines is 2. The lowest BCUT2D eigenvalue weighted by Crippen LogP contribution is -2.27. The van der Waals surface area contributed by atoms with E-state index in [1.807, 2.05) is 42.5 Å². The van der Waals surface area contributed by atoms with Crippen molar-refractivity contribution in [3.63, 3.8) is 0 Å². The van der Waals surface area contributed by atoms with Crippen molar-refractivity contribution >= 4 is 40.3 Å². The van der Waals surface area contributed by atoms with Gasteiger partial charge in [0.1, 0.15) is 11.6 Å². The van der Waals surface area contributed by atoms with Gasteiger partial charge in [0.2, 0.25) is 5.95 Å². The Morgan fingerprint density at radius 3 is 2.53 bits per heavy atom. The molecule has 0 aliphatic carbocycles. The molecule has 3 heterocycles. The third-order valence-electron chi connectivity index (χ3n) is 5.49. The molecule has 2 aromatic carbocycles. The van der Waals surface area contributed by atoms with Crippen molar-refractivity contribution < 1.29 is 9.53 Å². The minimum absolute atomic E-state index is 0.270. The molecule has 0 bridgehead atoms. The maximum absolute atomic E-state index is 13.0. The average Bonchev–Trinajstić information content (AvgIpc) is 3.32. The second kappa shape index (κ2) is 9.63. The largest absolute Gasteiger partial charge is 0.497 e. The maximum atomic E-state index is 13.0. The maximum Gasteiger partial charge on any atom is 0.330 e. The summed E-state index contributed by atoms with van der Waals surface area (Å²) < 4.78 is 6.87. The molecule has 10 heteroatoms. The fraction of sp³-hybridized carbons (Fsp3) is 0.115. The summed E-state index contributed by atoms with van der Waals surface area (Å²) >= 11 is 6.05. The van der Waals surface area contributed by atoms with Gasteiger partial charge < -0.3 is 15.0 Å². The highest BCUT2D eigenvalue weighted by Gasteiger charge is 2.19. The minimum atomic E-state index is -0.270. The number of imidazole rings is 1. The summed E-state index contributed by atoms with van der Waals surface area (Å²) in [5.41, 5.74) is 2.88. The van der Waals surface area contributed by atoms with Crippen LogP contribution in [0.3, 0.4) is 0 Å². The third kappa shape index (κ3) is 4.56. The van der Waals surface area contributed by atoms with Gasteiger partial charge in [0, 0.05) is 54.2 Å². The molecule has 0 spiro atoms. The van der Waals surface area contributed by atoms with E-state index < -0.39 is 0 Å². The van der Waals surface area contributed by atoms with Crippen LogP contribution in [-0.4, -0.2) is 56.6 Å². The van der Waals surface area contributed by atoms with E-state index in [1.165, 1.54) is 9.47 Å². The summed E-state index contributed by atoms with van der Waals surface area (Å²) in [6, 6.07) is 16.2. The number of amides is 1. The highest BCUT2D eigenvalue weighted by atomic mass is 35.5. The van der Waals surface area contributed by atoms with Crippen LogP contribution in [0.25, 0.3) is 33.5 Å². The van der Waals surface area contributed by atoms with Gasteiger partial charge in [0.25, 0.3) is 0 Å². The second-order valence-corrected chi connectivity index (χ2v) is 8.59. The van der Waals surface area contributed by atoms with Crippen molar-refractivity contribution in [2.75, 3.05) is 26.5 Å². The van der Waals surface area contributed by atoms with Crippen LogP contribution < -0.4 is 10.1 Å². The summed E-state index contributed by atoms with van der Waals surface area (Å²) in [5, 5.41) is 4.59. The zero-order chi connectivity index (χ0) is 25.2. The van der Waals surface area contributed by atoms with Gasteiger partial charge in [0.15, 0.2) is 5.82 Å². The molecule has 3 aromatic heterocycles. The van der Waals surface area contributed by atoms with E-state index in [0.29, 0.717) is 45.0 Å². The van der Waals surface area contributed by atoms with Crippen molar-refractivity contribution in [2.45, 2.75) is 0 Å². The summed E-state index contributed by atoms with van der Waals surface area (Å²) in [6.07, 6.45) is 5.07. The molecule has 1 N–H and O–H groups in total. The molecule has 0 saturated carbocycles. The normalized spacial score (nSPS) is 10.9. The SMILES string of the molecule is COc1ccc2nc(-c3cccnc3)nc(Nc3nc(-c4ccc(Cl)cc4)cn3C(=O)N(C)C)c2c1. The molecule has 0 atom stereocenters. The first-order chi connectivity index (χ1) is 17.4. The van der Waals surface area contributed by atoms with Gasteiger partial charge in [-0.1, -0.05) is 23.7 Å². The average molecular weight is 500 g/mol. The van der Waals surface area contributed by atoms with Gasteiger partial charge in [-0.05, 0) is 42.5 Å². The summed E-state index contributed by atoms with van der Waals surface area (Å²) in [5.74, 6) is 1.91. The lowest BCUT2D eigenvalue weighted by molar-refractivity contribution is 0.219. The zero-order valence-corrected chi connectivity index (χ0v) is 20.6. The highest BCUT2D eigenvalue weighted by molar-refractivity contribution is 6.30. The third-order valence-corrected chi connectivity index (χ3v) is 5.74. The smallest absolute Gasteiger partial charge is 0.330 e. The molecule has 180 valence electrons. The molecule has 5 aromatic rings. The molecule has 0 fully saturated rings. The van der Waals surface area contributed by atoms with E-state index in [2.05, 4.69) is 10.3 Å². The molecular weight excluding hydrogens is 478 g/mol. The number of ether oxygens (including phenoxy) is 1. The number of rotatable bonds is 5. The standard InChI is InChI=1S/C26H22ClN7O2/c1-33(2)26(35)34-15-22(16-6-8-18(27)9-7-16)30-25(34)32-24-20-13-19(36-3)10-11-21(20)29-23(31-24)17-5-4-12-28-14-17/h4-15H,1-3H3,(H,29,30,31,32). The molecule has 0 aliphatic rings. The number of aromatic nitrogens is 5. The van der Waals surface area contributed by atoms with E-state index in [1.54, 1.807) is 51.9 Å². The first-order valence-corrected chi connectivity index (χ1v) is 11.4. The summed E-state index contributed by atoms with van der Waals surface area (Å²) in [4.78, 5) is 32.9. The molecular formula is C26H22ClN7O2. The van der Waals surface area contributed by atoms with Crippen molar-refractivity contribution in [2.24, 2.45) is 0 Å². The van der Waals surface area contributed by atoms with Gasteiger partial charge in [-0.25, -0.2) is 24.3 Å². The van der Waals surface area contributed by atoms with E-state index in [4.69, 9.17) is 31.3 Å². The van der Waals surface area contributed by atoms with Gasteiger partial charge in [-0.3, -0.25) is 4.98 Å². The van der Waals surface area contributed by atoms with Crippen LogP contribution in [0, 0.1) is 0 Å². The van der Waals surface area contributed by atoms with Gasteiger partial charge in [-0.15, -0.1) is 0 Å². The number of fused-ring (bicyclic) bond motifs is 1. The van der Waals surface area contributed by atoms with Crippen LogP contribution in [0.1, 0.15) is 0 Å². The Kier molecular flexibility index (Phi) is 6.22. The molecule has 0 saturated heterocycles. The number of pyridine rings is 1. The van der Waals surface area contributed by atoms with Crippen molar-refractivity contribution in [3.8, 4) is 28.4 Å². The number of halogens is 1. The fourth-order valence-corrected chi connectivity index (χ4v) is 3.78. The number of hydrogen-bond donors (Lipinski definition) is 1. The summed E-state index contributed by atoms with van der Waals surface area (Å²) in [6.45, 7) is 0. The number of methoxy groups -OCH3 is 1. The molecule has 9 nitrogen and oxygen atoms in total. The molecule has 0 radical (unpaired) electrons. The zero-order valence-electron chi connectivity index (χ0n) is 19.8. The Balaban J connectivity index is 1.67. The van der Waals surface area contributed by atoms with E-state index in [9.17, 15) is 4.79 Å². The number of carbonyl (C=O) groups is 1. The molecule has 5 rings (SSSR count). The minimum Gasteiger partial charge on any atom is -0.497 e. The first-order valence-electron chi connectivity index (χ1n) is 11.0. The van der Waals surface area contributed by atoms with Crippen LogP contribution in [0.15, 0.2) is 73.2 Å². The molecule has 0 aliphatic heterocycles. The number of nitrogens with zero attached hydrogens (tertiary/aromatic N) is 6. The van der Waals surface area contributed by atoms with Crippen LogP contribution >= 0.6 is 11.6 Å². The van der Waals surface area contributed by atoms with Crippen LogP contribution in [0.4, 0.5) is 16.6 Å². The fourth-order valence-electron chi connectivity index (χ4n) is 3.65. The Morgan fingerprint density at radius 2 is 1.83 bits per heavy atom. The van der Waals surface area contributed by atoms with Crippen LogP contribution in [-0.2, 0) is 0 Å². The molecule has 1 amide bonds. The van der Waals surface area contributed by atoms with E-state index in [-0.39, 0.29) is 6.03 Å². The number of nitrogens with one attached hydrogen (secondary N) is 1. The first kappa shape index (κ1) is 23.3. The summed E-state index contributed by atoms with van der Waals surface area (Å²) in [7, 11) is 4.96. The lowest BCUT2D eigenvalue weighted by Gasteiger charge is -2.15. The quantitative estimate of drug-likeness (QED) is 0.341. The van der Waals surface area contributed by atoms with Crippen molar-refractivity contribution in [1.29, 1.82) is 0 Å². The Hall–Kier alpha value is -4.50. The van der Waals surface area contributed by atoms with Crippen LogP contribution in [0.5, 0.6) is 5.75 Å². The second-order valence-electron chi connectivity index (χ2n) is 8.15. The van der Waals surface area contributed by atoms with Crippen molar-refractivity contribution in [1.82, 2.24) is 29.4 Å². The Morgan fingerprint density at radius 1 is 1.03 bits per heavy atom. The molecule has 0 unspecified atom stereocenters. The number of carbonyl (C=O) groups excluding carboxylic acids is 1. The van der Waals surface area contributed by atoms with E-state index >= 15 is 0 Å². The number of benzene rings is 2. The molecule has 36 heavy (non-hydrogen) atoms. The van der Waals surface area contributed by atoms with Crippen molar-refractivity contribution in [3.05, 3.63) is 78.2 Å². The predicted octanol–water partition coefficient (Wildman–Crippen LogP) is 5.49. The van der Waals surface area contributed by atoms with Crippen LogP contribution in [0.2, 0.25) is 5.02 Å².